The number of nitrogens with zero attached hydrogens (tertiary/aromatic N) is 1. The van der Waals surface area contributed by atoms with E-state index in [1.54, 1.807) is 0 Å². The van der Waals surface area contributed by atoms with Crippen LogP contribution in [0, 0.1) is 11.3 Å². The lowest BCUT2D eigenvalue weighted by atomic mass is 9.90. The normalized spacial score (nSPS) is 29.2. The number of piperidine rings is 1. The summed E-state index contributed by atoms with van der Waals surface area (Å²) in [7, 11) is 0. The van der Waals surface area contributed by atoms with Gasteiger partial charge < -0.3 is 10.2 Å². The number of rotatable bonds is 3. The number of likely N-dealkylation sites (tertiary alicyclic amines) is 1. The van der Waals surface area contributed by atoms with Gasteiger partial charge in [-0.1, -0.05) is 27.2 Å². The molecule has 4 nitrogen and oxygen atoms in total. The van der Waals surface area contributed by atoms with Crippen LogP contribution in [0.1, 0.15) is 59.3 Å². The fraction of sp³-hybridized carbons (Fsp3) is 0.889. The van der Waals surface area contributed by atoms with Crippen molar-refractivity contribution in [3.63, 3.8) is 0 Å². The van der Waals surface area contributed by atoms with Crippen LogP contribution in [-0.2, 0) is 9.59 Å². The Morgan fingerprint density at radius 2 is 1.87 bits per heavy atom. The summed E-state index contributed by atoms with van der Waals surface area (Å²) in [5.41, 5.74) is -0.368. The average molecular weight is 341 g/mol. The Kier molecular flexibility index (Phi) is 6.40. The number of carbonyl (C=O) groups is 2. The van der Waals surface area contributed by atoms with E-state index in [1.165, 1.54) is 12.8 Å². The van der Waals surface area contributed by atoms with Crippen LogP contribution in [0.4, 0.5) is 0 Å². The van der Waals surface area contributed by atoms with Crippen molar-refractivity contribution < 1.29 is 9.59 Å². The second-order valence-electron chi connectivity index (χ2n) is 8.07. The van der Waals surface area contributed by atoms with E-state index in [4.69, 9.17) is 0 Å². The van der Waals surface area contributed by atoms with Crippen LogP contribution < -0.4 is 5.32 Å². The van der Waals surface area contributed by atoms with Gasteiger partial charge in [0, 0.05) is 29.8 Å². The highest BCUT2D eigenvalue weighted by Crippen LogP contribution is 2.28. The Morgan fingerprint density at radius 1 is 1.13 bits per heavy atom. The Balaban J connectivity index is 1.88. The Morgan fingerprint density at radius 3 is 2.52 bits per heavy atom. The van der Waals surface area contributed by atoms with E-state index in [1.807, 2.05) is 37.4 Å². The zero-order chi connectivity index (χ0) is 17.0. The summed E-state index contributed by atoms with van der Waals surface area (Å²) in [5, 5.41) is 3.94. The first-order valence-corrected chi connectivity index (χ1v) is 10.2. The minimum atomic E-state index is -0.368. The molecule has 1 aliphatic carbocycles. The quantitative estimate of drug-likeness (QED) is 0.859. The van der Waals surface area contributed by atoms with Gasteiger partial charge in [0.1, 0.15) is 0 Å². The molecule has 2 rings (SSSR count). The summed E-state index contributed by atoms with van der Waals surface area (Å²) in [6.45, 7) is 7.22. The van der Waals surface area contributed by atoms with Crippen LogP contribution in [0.5, 0.6) is 0 Å². The fourth-order valence-electron chi connectivity index (χ4n) is 3.66. The molecule has 1 heterocycles. The molecule has 0 unspecified atom stereocenters. The van der Waals surface area contributed by atoms with Crippen molar-refractivity contribution in [1.29, 1.82) is 0 Å². The van der Waals surface area contributed by atoms with Crippen LogP contribution in [-0.4, -0.2) is 47.4 Å². The molecule has 0 spiro atoms. The molecule has 1 aliphatic heterocycles. The van der Waals surface area contributed by atoms with Gasteiger partial charge >= 0.3 is 0 Å². The van der Waals surface area contributed by atoms with Gasteiger partial charge in [-0.25, -0.2) is 0 Å². The molecule has 2 aliphatic rings. The molecule has 1 N–H and O–H groups in total. The predicted octanol–water partition coefficient (Wildman–Crippen LogP) is 3.06. The van der Waals surface area contributed by atoms with E-state index >= 15 is 0 Å². The lowest BCUT2D eigenvalue weighted by molar-refractivity contribution is -0.142. The lowest BCUT2D eigenvalue weighted by Crippen LogP contribution is -2.50. The molecular formula is C18H32N2O2S. The van der Waals surface area contributed by atoms with E-state index in [2.05, 4.69) is 11.6 Å². The van der Waals surface area contributed by atoms with E-state index < -0.39 is 0 Å². The van der Waals surface area contributed by atoms with E-state index in [9.17, 15) is 9.59 Å². The molecule has 0 aromatic rings. The fourth-order valence-corrected chi connectivity index (χ4v) is 4.49. The highest BCUT2D eigenvalue weighted by molar-refractivity contribution is 7.99. The summed E-state index contributed by atoms with van der Waals surface area (Å²) in [5.74, 6) is 0.281. The average Bonchev–Trinajstić information content (AvgIpc) is 2.53. The summed E-state index contributed by atoms with van der Waals surface area (Å²) >= 11 is 1.92. The third-order valence-electron chi connectivity index (χ3n) is 5.03. The number of carbonyl (C=O) groups excluding carboxylic acids is 2. The second kappa shape index (κ2) is 7.91. The second-order valence-corrected chi connectivity index (χ2v) is 9.21. The minimum absolute atomic E-state index is 0.0373. The molecule has 1 saturated heterocycles. The van der Waals surface area contributed by atoms with Crippen molar-refractivity contribution >= 4 is 23.6 Å². The minimum Gasteiger partial charge on any atom is -0.353 e. The Hall–Kier alpha value is -0.710. The molecule has 3 atom stereocenters. The summed E-state index contributed by atoms with van der Waals surface area (Å²) < 4.78 is 0. The van der Waals surface area contributed by atoms with E-state index in [0.29, 0.717) is 17.8 Å². The lowest BCUT2D eigenvalue weighted by Gasteiger charge is -2.37. The topological polar surface area (TPSA) is 49.4 Å². The van der Waals surface area contributed by atoms with Crippen molar-refractivity contribution in [1.82, 2.24) is 10.2 Å². The smallest absolute Gasteiger partial charge is 0.227 e. The van der Waals surface area contributed by atoms with Crippen molar-refractivity contribution in [3.05, 3.63) is 0 Å². The zero-order valence-electron chi connectivity index (χ0n) is 15.1. The first kappa shape index (κ1) is 18.6. The maximum absolute atomic E-state index is 12.6. The molecule has 0 aromatic carbocycles. The van der Waals surface area contributed by atoms with Crippen LogP contribution in [0.25, 0.3) is 0 Å². The third-order valence-corrected chi connectivity index (χ3v) is 6.12. The summed E-state index contributed by atoms with van der Waals surface area (Å²) in [6, 6.07) is 0.322. The molecule has 5 heteroatoms. The molecule has 0 bridgehead atoms. The van der Waals surface area contributed by atoms with Gasteiger partial charge in [-0.05, 0) is 38.4 Å². The zero-order valence-corrected chi connectivity index (χ0v) is 15.9. The van der Waals surface area contributed by atoms with E-state index in [-0.39, 0.29) is 23.1 Å². The van der Waals surface area contributed by atoms with Gasteiger partial charge in [-0.15, -0.1) is 0 Å². The summed E-state index contributed by atoms with van der Waals surface area (Å²) in [6.07, 6.45) is 8.65. The Bertz CT molecular complexity index is 433. The monoisotopic (exact) mass is 340 g/mol. The maximum atomic E-state index is 12.6. The van der Waals surface area contributed by atoms with Gasteiger partial charge in [-0.3, -0.25) is 9.59 Å². The number of amides is 2. The van der Waals surface area contributed by atoms with E-state index in [0.717, 1.165) is 32.2 Å². The van der Waals surface area contributed by atoms with Gasteiger partial charge in [0.05, 0.1) is 5.92 Å². The van der Waals surface area contributed by atoms with Crippen LogP contribution in [0.15, 0.2) is 0 Å². The van der Waals surface area contributed by atoms with Crippen LogP contribution in [0.2, 0.25) is 0 Å². The highest BCUT2D eigenvalue weighted by atomic mass is 32.2. The SMILES string of the molecule is CS[C@@H]1CCC[C@H](NC(=O)[C@H]2CCCN(C(=O)C(C)(C)C)C2)C1. The van der Waals surface area contributed by atoms with Crippen molar-refractivity contribution in [3.8, 4) is 0 Å². The first-order chi connectivity index (χ1) is 10.8. The third kappa shape index (κ3) is 5.13. The predicted molar refractivity (Wildman–Crippen MR) is 96.5 cm³/mol. The molecule has 0 radical (unpaired) electrons. The Labute approximate surface area is 145 Å². The maximum Gasteiger partial charge on any atom is 0.227 e. The highest BCUT2D eigenvalue weighted by Gasteiger charge is 2.34. The molecule has 2 fully saturated rings. The number of thioether (sulfide) groups is 1. The van der Waals surface area contributed by atoms with Gasteiger partial charge in [-0.2, -0.15) is 11.8 Å². The molecule has 132 valence electrons. The van der Waals surface area contributed by atoms with Crippen molar-refractivity contribution in [2.75, 3.05) is 19.3 Å². The van der Waals surface area contributed by atoms with Gasteiger partial charge in [0.25, 0.3) is 0 Å². The van der Waals surface area contributed by atoms with Gasteiger partial charge in [0.15, 0.2) is 0 Å². The molecular weight excluding hydrogens is 308 g/mol. The molecule has 2 amide bonds. The molecule has 23 heavy (non-hydrogen) atoms. The number of hydrogen-bond donors (Lipinski definition) is 1. The van der Waals surface area contributed by atoms with Crippen LogP contribution in [0.3, 0.4) is 0 Å². The standard InChI is InChI=1S/C18H32N2O2S/c1-18(2,3)17(22)20-10-6-7-13(12-20)16(21)19-14-8-5-9-15(11-14)23-4/h13-15H,5-12H2,1-4H3,(H,19,21)/t13-,14-,15+/m0/s1. The molecule has 0 aromatic heterocycles. The van der Waals surface area contributed by atoms with Crippen molar-refractivity contribution in [2.45, 2.75) is 70.6 Å². The first-order valence-electron chi connectivity index (χ1n) is 8.94. The molecule has 1 saturated carbocycles. The summed E-state index contributed by atoms with van der Waals surface area (Å²) in [4.78, 5) is 27.0. The number of hydrogen-bond acceptors (Lipinski definition) is 3. The van der Waals surface area contributed by atoms with Gasteiger partial charge in [0.2, 0.25) is 11.8 Å². The largest absolute Gasteiger partial charge is 0.353 e. The number of nitrogens with one attached hydrogen (secondary N) is 1. The van der Waals surface area contributed by atoms with Crippen molar-refractivity contribution in [2.24, 2.45) is 11.3 Å². The van der Waals surface area contributed by atoms with Crippen LogP contribution >= 0.6 is 11.8 Å².